The zero-order valence-corrected chi connectivity index (χ0v) is 12.9. The van der Waals surface area contributed by atoms with Crippen molar-refractivity contribution in [3.8, 4) is 0 Å². The van der Waals surface area contributed by atoms with Gasteiger partial charge in [0, 0.05) is 43.7 Å². The zero-order valence-electron chi connectivity index (χ0n) is 11.3. The van der Waals surface area contributed by atoms with E-state index in [-0.39, 0.29) is 0 Å². The Labute approximate surface area is 123 Å². The molecule has 19 heavy (non-hydrogen) atoms. The van der Waals surface area contributed by atoms with Gasteiger partial charge >= 0.3 is 0 Å². The fraction of sp³-hybridized carbons (Fsp3) is 0.600. The van der Waals surface area contributed by atoms with Gasteiger partial charge in [-0.2, -0.15) is 0 Å². The van der Waals surface area contributed by atoms with E-state index >= 15 is 0 Å². The number of para-hydroxylation sites is 1. The van der Waals surface area contributed by atoms with Gasteiger partial charge in [0.25, 0.3) is 0 Å². The van der Waals surface area contributed by atoms with Crippen LogP contribution in [0, 0.1) is 5.41 Å². The van der Waals surface area contributed by atoms with Gasteiger partial charge in [0.2, 0.25) is 0 Å². The molecule has 2 heterocycles. The molecule has 0 unspecified atom stereocenters. The molecule has 2 fully saturated rings. The van der Waals surface area contributed by atoms with Crippen molar-refractivity contribution in [3.05, 3.63) is 28.7 Å². The maximum Gasteiger partial charge on any atom is 0.0510 e. The molecule has 2 saturated heterocycles. The lowest BCUT2D eigenvalue weighted by Crippen LogP contribution is -2.61. The molecule has 0 radical (unpaired) electrons. The summed E-state index contributed by atoms with van der Waals surface area (Å²) >= 11 is 3.66. The lowest BCUT2D eigenvalue weighted by molar-refractivity contribution is -0.0158. The fourth-order valence-corrected chi connectivity index (χ4v) is 4.02. The minimum atomic E-state index is 0.590. The van der Waals surface area contributed by atoms with E-state index in [2.05, 4.69) is 50.0 Å². The van der Waals surface area contributed by atoms with Crippen LogP contribution in [0.5, 0.6) is 0 Å². The molecule has 1 aromatic rings. The average Bonchev–Trinajstić information content (AvgIpc) is 2.39. The molecule has 3 nitrogen and oxygen atoms in total. The van der Waals surface area contributed by atoms with E-state index in [0.717, 1.165) is 13.1 Å². The number of likely N-dealkylation sites (tertiary alicyclic amines) is 1. The van der Waals surface area contributed by atoms with E-state index in [0.29, 0.717) is 5.41 Å². The molecule has 3 rings (SSSR count). The van der Waals surface area contributed by atoms with E-state index in [1.165, 1.54) is 49.2 Å². The van der Waals surface area contributed by atoms with Gasteiger partial charge in [0.15, 0.2) is 0 Å². The summed E-state index contributed by atoms with van der Waals surface area (Å²) in [5, 5.41) is 0. The molecule has 0 amide bonds. The Morgan fingerprint density at radius 2 is 1.84 bits per heavy atom. The van der Waals surface area contributed by atoms with Crippen LogP contribution in [-0.4, -0.2) is 44.2 Å². The second-order valence-corrected chi connectivity index (χ2v) is 6.79. The first-order valence-corrected chi connectivity index (χ1v) is 7.94. The fourth-order valence-electron chi connectivity index (χ4n) is 3.49. The highest BCUT2D eigenvalue weighted by Gasteiger charge is 2.44. The summed E-state index contributed by atoms with van der Waals surface area (Å²) in [6, 6.07) is 8.54. The van der Waals surface area contributed by atoms with Crippen LogP contribution < -0.4 is 10.6 Å². The Balaban J connectivity index is 1.58. The molecule has 0 atom stereocenters. The molecule has 0 saturated carbocycles. The summed E-state index contributed by atoms with van der Waals surface area (Å²) in [4.78, 5) is 5.01. The summed E-state index contributed by atoms with van der Waals surface area (Å²) in [6.45, 7) is 6.73. The molecule has 1 aromatic carbocycles. The third-order valence-electron chi connectivity index (χ3n) is 4.58. The molecule has 0 bridgehead atoms. The summed E-state index contributed by atoms with van der Waals surface area (Å²) in [7, 11) is 0. The Morgan fingerprint density at radius 1 is 1.16 bits per heavy atom. The molecule has 104 valence electrons. The van der Waals surface area contributed by atoms with Gasteiger partial charge in [-0.1, -0.05) is 12.1 Å². The lowest BCUT2D eigenvalue weighted by Gasteiger charge is -2.54. The van der Waals surface area contributed by atoms with E-state index in [1.807, 2.05) is 0 Å². The number of halogens is 1. The first-order valence-electron chi connectivity index (χ1n) is 7.14. The molecule has 0 aliphatic carbocycles. The Morgan fingerprint density at radius 3 is 2.47 bits per heavy atom. The first kappa shape index (κ1) is 13.4. The summed E-state index contributed by atoms with van der Waals surface area (Å²) in [5.41, 5.74) is 7.55. The van der Waals surface area contributed by atoms with E-state index in [1.54, 1.807) is 0 Å². The lowest BCUT2D eigenvalue weighted by atomic mass is 9.72. The third-order valence-corrected chi connectivity index (χ3v) is 5.25. The van der Waals surface area contributed by atoms with Gasteiger partial charge in [-0.25, -0.2) is 0 Å². The summed E-state index contributed by atoms with van der Waals surface area (Å²) in [6.07, 6.45) is 2.63. The van der Waals surface area contributed by atoms with Crippen molar-refractivity contribution in [1.82, 2.24) is 4.90 Å². The summed E-state index contributed by atoms with van der Waals surface area (Å²) in [5.74, 6) is 0. The minimum Gasteiger partial charge on any atom is -0.371 e. The average molecular weight is 324 g/mol. The number of rotatable bonds is 3. The highest BCUT2D eigenvalue weighted by Crippen LogP contribution is 2.41. The number of benzene rings is 1. The number of piperidine rings is 1. The second kappa shape index (κ2) is 5.43. The zero-order chi connectivity index (χ0) is 13.3. The van der Waals surface area contributed by atoms with Crippen molar-refractivity contribution in [2.45, 2.75) is 12.8 Å². The number of nitrogens with zero attached hydrogens (tertiary/aromatic N) is 2. The van der Waals surface area contributed by atoms with Crippen molar-refractivity contribution in [2.75, 3.05) is 44.2 Å². The van der Waals surface area contributed by atoms with Crippen LogP contribution in [0.4, 0.5) is 5.69 Å². The Bertz CT molecular complexity index is 433. The van der Waals surface area contributed by atoms with Gasteiger partial charge in [-0.15, -0.1) is 0 Å². The molecule has 2 aliphatic rings. The number of anilines is 1. The normalized spacial score (nSPS) is 22.5. The van der Waals surface area contributed by atoms with Crippen molar-refractivity contribution >= 4 is 21.6 Å². The smallest absolute Gasteiger partial charge is 0.0510 e. The predicted molar refractivity (Wildman–Crippen MR) is 83.5 cm³/mol. The van der Waals surface area contributed by atoms with Gasteiger partial charge in [-0.05, 0) is 46.3 Å². The van der Waals surface area contributed by atoms with E-state index < -0.39 is 0 Å². The van der Waals surface area contributed by atoms with Gasteiger partial charge in [0.1, 0.15) is 0 Å². The molecule has 4 heteroatoms. The predicted octanol–water partition coefficient (Wildman–Crippen LogP) is 2.31. The van der Waals surface area contributed by atoms with Crippen molar-refractivity contribution in [1.29, 1.82) is 0 Å². The molecule has 1 spiro atoms. The monoisotopic (exact) mass is 323 g/mol. The minimum absolute atomic E-state index is 0.590. The molecule has 2 aliphatic heterocycles. The van der Waals surface area contributed by atoms with Gasteiger partial charge in [-0.3, -0.25) is 0 Å². The van der Waals surface area contributed by atoms with Gasteiger partial charge < -0.3 is 15.5 Å². The van der Waals surface area contributed by atoms with Crippen molar-refractivity contribution in [3.63, 3.8) is 0 Å². The van der Waals surface area contributed by atoms with E-state index in [4.69, 9.17) is 5.73 Å². The quantitative estimate of drug-likeness (QED) is 0.926. The van der Waals surface area contributed by atoms with Crippen LogP contribution in [0.3, 0.4) is 0 Å². The SMILES string of the molecule is NCCN1CC2(CCN(c3ccccc3Br)CC2)C1. The van der Waals surface area contributed by atoms with Crippen LogP contribution in [0.1, 0.15) is 12.8 Å². The maximum absolute atomic E-state index is 5.62. The Kier molecular flexibility index (Phi) is 3.83. The van der Waals surface area contributed by atoms with Crippen LogP contribution >= 0.6 is 15.9 Å². The van der Waals surface area contributed by atoms with Gasteiger partial charge in [0.05, 0.1) is 5.69 Å². The van der Waals surface area contributed by atoms with Crippen LogP contribution in [0.2, 0.25) is 0 Å². The summed E-state index contributed by atoms with van der Waals surface area (Å²) < 4.78 is 1.21. The largest absolute Gasteiger partial charge is 0.371 e. The highest BCUT2D eigenvalue weighted by molar-refractivity contribution is 9.10. The van der Waals surface area contributed by atoms with Crippen LogP contribution in [0.15, 0.2) is 28.7 Å². The van der Waals surface area contributed by atoms with Crippen LogP contribution in [0.25, 0.3) is 0 Å². The Hall–Kier alpha value is -0.580. The van der Waals surface area contributed by atoms with Crippen molar-refractivity contribution < 1.29 is 0 Å². The molecular formula is C15H22BrN3. The van der Waals surface area contributed by atoms with Crippen LogP contribution in [-0.2, 0) is 0 Å². The second-order valence-electron chi connectivity index (χ2n) is 5.94. The number of nitrogens with two attached hydrogens (primary N) is 1. The standard InChI is InChI=1S/C15H22BrN3/c16-13-3-1-2-4-14(13)19-8-5-15(6-9-19)11-18(12-15)10-7-17/h1-4H,5-12,17H2. The highest BCUT2D eigenvalue weighted by atomic mass is 79.9. The first-order chi connectivity index (χ1) is 9.22. The van der Waals surface area contributed by atoms with Crippen molar-refractivity contribution in [2.24, 2.45) is 11.1 Å². The van der Waals surface area contributed by atoms with E-state index in [9.17, 15) is 0 Å². The maximum atomic E-state index is 5.62. The number of hydrogen-bond donors (Lipinski definition) is 1. The topological polar surface area (TPSA) is 32.5 Å². The molecular weight excluding hydrogens is 302 g/mol. The molecule has 2 N–H and O–H groups in total. The third kappa shape index (κ3) is 2.67. The number of hydrogen-bond acceptors (Lipinski definition) is 3. The molecule has 0 aromatic heterocycles.